The van der Waals surface area contributed by atoms with Crippen molar-refractivity contribution in [3.05, 3.63) is 57.1 Å². The van der Waals surface area contributed by atoms with Gasteiger partial charge in [0, 0.05) is 18.2 Å². The maximum Gasteiger partial charge on any atom is 0.276 e. The summed E-state index contributed by atoms with van der Waals surface area (Å²) in [6, 6.07) is 7.41. The molecule has 2 aliphatic rings. The molecule has 3 heterocycles. The predicted molar refractivity (Wildman–Crippen MR) is 119 cm³/mol. The van der Waals surface area contributed by atoms with Crippen LogP contribution in [0, 0.1) is 0 Å². The molecule has 3 aromatic rings. The molecule has 1 aliphatic heterocycles. The van der Waals surface area contributed by atoms with E-state index in [2.05, 4.69) is 5.10 Å². The highest BCUT2D eigenvalue weighted by Gasteiger charge is 2.32. The second kappa shape index (κ2) is 8.33. The van der Waals surface area contributed by atoms with E-state index in [9.17, 15) is 9.59 Å². The summed E-state index contributed by atoms with van der Waals surface area (Å²) in [5.41, 5.74) is 4.15. The van der Waals surface area contributed by atoms with Crippen LogP contribution in [0.25, 0.3) is 5.65 Å². The number of H-pyrrole nitrogens is 1. The quantitative estimate of drug-likeness (QED) is 0.664. The van der Waals surface area contributed by atoms with Crippen LogP contribution in [0.1, 0.15) is 54.2 Å². The Morgan fingerprint density at radius 1 is 1.12 bits per heavy atom. The van der Waals surface area contributed by atoms with Crippen LogP contribution >= 0.6 is 0 Å². The SMILES string of the molecule is COc1ccc(CC(=O)N2CCCC2c2cc3nc4c(c(=O)n3[nH]2)CCCC4)cc1OC. The molecule has 0 saturated carbocycles. The van der Waals surface area contributed by atoms with E-state index in [1.165, 1.54) is 0 Å². The maximum atomic E-state index is 13.2. The summed E-state index contributed by atoms with van der Waals surface area (Å²) in [6.07, 6.45) is 5.83. The lowest BCUT2D eigenvalue weighted by Gasteiger charge is -2.24. The Hall–Kier alpha value is -3.29. The number of aromatic nitrogens is 3. The number of fused-ring (bicyclic) bond motifs is 2. The smallest absolute Gasteiger partial charge is 0.276 e. The number of nitrogens with one attached hydrogen (secondary N) is 1. The van der Waals surface area contributed by atoms with Crippen LogP contribution in [0.15, 0.2) is 29.1 Å². The van der Waals surface area contributed by atoms with Crippen LogP contribution in [0.4, 0.5) is 0 Å². The van der Waals surface area contributed by atoms with Crippen molar-refractivity contribution in [3.63, 3.8) is 0 Å². The van der Waals surface area contributed by atoms with Gasteiger partial charge >= 0.3 is 0 Å². The van der Waals surface area contributed by atoms with Gasteiger partial charge in [-0.3, -0.25) is 14.7 Å². The van der Waals surface area contributed by atoms with Crippen LogP contribution in [-0.4, -0.2) is 46.2 Å². The standard InChI is InChI=1S/C24H28N4O4/c1-31-20-10-9-15(12-21(20)32-2)13-23(29)27-11-5-8-19(27)18-14-22-25-17-7-4-3-6-16(17)24(30)28(22)26-18/h9-10,12,14,19,26H,3-8,11,13H2,1-2H3. The Labute approximate surface area is 186 Å². The fourth-order valence-corrected chi connectivity index (χ4v) is 5.00. The average molecular weight is 437 g/mol. The van der Waals surface area contributed by atoms with Crippen LogP contribution in [-0.2, 0) is 24.1 Å². The highest BCUT2D eigenvalue weighted by Crippen LogP contribution is 2.33. The molecule has 5 rings (SSSR count). The molecule has 1 atom stereocenters. The van der Waals surface area contributed by atoms with E-state index in [0.29, 0.717) is 23.7 Å². The monoisotopic (exact) mass is 436 g/mol. The molecule has 1 aromatic carbocycles. The molecule has 8 heteroatoms. The molecular formula is C24H28N4O4. The summed E-state index contributed by atoms with van der Waals surface area (Å²) in [7, 11) is 3.18. The highest BCUT2D eigenvalue weighted by atomic mass is 16.5. The van der Waals surface area contributed by atoms with Crippen molar-refractivity contribution in [3.8, 4) is 11.5 Å². The zero-order valence-corrected chi connectivity index (χ0v) is 18.5. The lowest BCUT2D eigenvalue weighted by atomic mass is 9.97. The molecule has 1 saturated heterocycles. The van der Waals surface area contributed by atoms with E-state index in [-0.39, 0.29) is 23.9 Å². The highest BCUT2D eigenvalue weighted by molar-refractivity contribution is 5.79. The number of nitrogens with zero attached hydrogens (tertiary/aromatic N) is 3. The molecule has 0 radical (unpaired) electrons. The minimum absolute atomic E-state index is 0.00264. The zero-order chi connectivity index (χ0) is 22.2. The summed E-state index contributed by atoms with van der Waals surface area (Å²) in [5, 5.41) is 3.25. The van der Waals surface area contributed by atoms with Crippen molar-refractivity contribution in [2.45, 2.75) is 51.0 Å². The van der Waals surface area contributed by atoms with Gasteiger partial charge in [0.05, 0.1) is 38.1 Å². The molecule has 32 heavy (non-hydrogen) atoms. The summed E-state index contributed by atoms with van der Waals surface area (Å²) in [4.78, 5) is 32.8. The number of methoxy groups -OCH3 is 2. The number of rotatable bonds is 5. The Bertz CT molecular complexity index is 1230. The number of carbonyl (C=O) groups is 1. The minimum atomic E-state index is -0.0826. The number of hydrogen-bond donors (Lipinski definition) is 1. The third kappa shape index (κ3) is 3.53. The van der Waals surface area contributed by atoms with Crippen molar-refractivity contribution in [1.29, 1.82) is 0 Å². The number of likely N-dealkylation sites (tertiary alicyclic amines) is 1. The van der Waals surface area contributed by atoms with E-state index < -0.39 is 0 Å². The molecule has 0 spiro atoms. The van der Waals surface area contributed by atoms with Gasteiger partial charge in [0.1, 0.15) is 0 Å². The molecular weight excluding hydrogens is 408 g/mol. The van der Waals surface area contributed by atoms with Crippen molar-refractivity contribution in [2.24, 2.45) is 0 Å². The molecule has 1 aliphatic carbocycles. The largest absolute Gasteiger partial charge is 0.493 e. The van der Waals surface area contributed by atoms with Crippen LogP contribution < -0.4 is 15.0 Å². The molecule has 1 fully saturated rings. The molecule has 1 unspecified atom stereocenters. The second-order valence-electron chi connectivity index (χ2n) is 8.57. The fourth-order valence-electron chi connectivity index (χ4n) is 5.00. The molecule has 2 aromatic heterocycles. The molecule has 8 nitrogen and oxygen atoms in total. The van der Waals surface area contributed by atoms with Gasteiger partial charge in [-0.1, -0.05) is 6.07 Å². The lowest BCUT2D eigenvalue weighted by Crippen LogP contribution is -2.32. The molecule has 0 bridgehead atoms. The van der Waals surface area contributed by atoms with Gasteiger partial charge < -0.3 is 14.4 Å². The van der Waals surface area contributed by atoms with Crippen molar-refractivity contribution >= 4 is 11.6 Å². The number of aromatic amines is 1. The number of amides is 1. The predicted octanol–water partition coefficient (Wildman–Crippen LogP) is 2.82. The van der Waals surface area contributed by atoms with Crippen molar-refractivity contribution in [2.75, 3.05) is 20.8 Å². The fraction of sp³-hybridized carbons (Fsp3) is 0.458. The summed E-state index contributed by atoms with van der Waals surface area (Å²) >= 11 is 0. The summed E-state index contributed by atoms with van der Waals surface area (Å²) in [6.45, 7) is 0.699. The first-order valence-electron chi connectivity index (χ1n) is 11.2. The van der Waals surface area contributed by atoms with E-state index in [1.54, 1.807) is 18.7 Å². The van der Waals surface area contributed by atoms with E-state index in [4.69, 9.17) is 14.5 Å². The normalized spacial score (nSPS) is 18.1. The molecule has 1 N–H and O–H groups in total. The number of benzene rings is 1. The van der Waals surface area contributed by atoms with Crippen LogP contribution in [0.3, 0.4) is 0 Å². The topological polar surface area (TPSA) is 88.9 Å². The number of aryl methyl sites for hydroxylation is 1. The molecule has 1 amide bonds. The van der Waals surface area contributed by atoms with Gasteiger partial charge in [0.15, 0.2) is 17.1 Å². The molecule has 168 valence electrons. The third-order valence-corrected chi connectivity index (χ3v) is 6.64. The minimum Gasteiger partial charge on any atom is -0.493 e. The number of hydrogen-bond acceptors (Lipinski definition) is 5. The van der Waals surface area contributed by atoms with Gasteiger partial charge in [0.25, 0.3) is 5.56 Å². The Morgan fingerprint density at radius 2 is 1.94 bits per heavy atom. The van der Waals surface area contributed by atoms with E-state index in [1.807, 2.05) is 29.2 Å². The number of ether oxygens (including phenoxy) is 2. The van der Waals surface area contributed by atoms with E-state index in [0.717, 1.165) is 61.0 Å². The Balaban J connectivity index is 1.41. The van der Waals surface area contributed by atoms with Gasteiger partial charge in [-0.05, 0) is 56.2 Å². The van der Waals surface area contributed by atoms with Crippen LogP contribution in [0.2, 0.25) is 0 Å². The van der Waals surface area contributed by atoms with Gasteiger partial charge in [0.2, 0.25) is 5.91 Å². The maximum absolute atomic E-state index is 13.2. The third-order valence-electron chi connectivity index (χ3n) is 6.64. The van der Waals surface area contributed by atoms with Crippen LogP contribution in [0.5, 0.6) is 11.5 Å². The summed E-state index contributed by atoms with van der Waals surface area (Å²) in [5.74, 6) is 1.31. The first-order chi connectivity index (χ1) is 15.6. The van der Waals surface area contributed by atoms with Gasteiger partial charge in [-0.25, -0.2) is 9.50 Å². The Kier molecular flexibility index (Phi) is 5.36. The average Bonchev–Trinajstić information content (AvgIpc) is 3.46. The van der Waals surface area contributed by atoms with Gasteiger partial charge in [-0.15, -0.1) is 0 Å². The Morgan fingerprint density at radius 3 is 2.75 bits per heavy atom. The van der Waals surface area contributed by atoms with Gasteiger partial charge in [-0.2, -0.15) is 0 Å². The zero-order valence-electron chi connectivity index (χ0n) is 18.5. The van der Waals surface area contributed by atoms with E-state index >= 15 is 0 Å². The second-order valence-corrected chi connectivity index (χ2v) is 8.57. The summed E-state index contributed by atoms with van der Waals surface area (Å²) < 4.78 is 12.2. The number of carbonyl (C=O) groups excluding carboxylic acids is 1. The first kappa shape index (κ1) is 20.6. The lowest BCUT2D eigenvalue weighted by molar-refractivity contribution is -0.131. The van der Waals surface area contributed by atoms with Crippen molar-refractivity contribution < 1.29 is 14.3 Å². The van der Waals surface area contributed by atoms with Crippen molar-refractivity contribution in [1.82, 2.24) is 19.5 Å². The first-order valence-corrected chi connectivity index (χ1v) is 11.2.